The highest BCUT2D eigenvalue weighted by Crippen LogP contribution is 2.14. The Morgan fingerprint density at radius 3 is 1.92 bits per heavy atom. The fourth-order valence-electron chi connectivity index (χ4n) is 2.15. The van der Waals surface area contributed by atoms with Crippen molar-refractivity contribution in [2.75, 3.05) is 4.93 Å². The maximum Gasteiger partial charge on any atom is 0.408 e. The zero-order chi connectivity index (χ0) is 19.6. The lowest BCUT2D eigenvalue weighted by atomic mass is 10.0. The summed E-state index contributed by atoms with van der Waals surface area (Å²) < 4.78 is 5.05. The molecule has 0 radical (unpaired) electrons. The molecule has 6 heteroatoms. The lowest BCUT2D eigenvalue weighted by Crippen LogP contribution is -2.50. The predicted molar refractivity (Wildman–Crippen MR) is 111 cm³/mol. The summed E-state index contributed by atoms with van der Waals surface area (Å²) in [5.74, 6) is -0.256. The Hall–Kier alpha value is -1.31. The number of nitrogens with one attached hydrogen (secondary N) is 2. The van der Waals surface area contributed by atoms with Gasteiger partial charge in [-0.2, -0.15) is 0 Å². The Kier molecular flexibility index (Phi) is 11.5. The van der Waals surface area contributed by atoms with Gasteiger partial charge in [-0.15, -0.1) is 0 Å². The molecule has 142 valence electrons. The number of benzene rings is 1. The van der Waals surface area contributed by atoms with Crippen molar-refractivity contribution in [1.29, 1.82) is 0 Å². The number of alkyl halides is 1. The van der Waals surface area contributed by atoms with Crippen LogP contribution in [0.2, 0.25) is 0 Å². The second-order valence-corrected chi connectivity index (χ2v) is 6.46. The maximum absolute atomic E-state index is 12.5. The summed E-state index contributed by atoms with van der Waals surface area (Å²) in [5.41, 5.74) is 2.20. The van der Waals surface area contributed by atoms with Gasteiger partial charge in [0.15, 0.2) is 0 Å². The summed E-state index contributed by atoms with van der Waals surface area (Å²) in [4.78, 5) is 26.2. The van der Waals surface area contributed by atoms with E-state index in [1.807, 2.05) is 56.9 Å². The van der Waals surface area contributed by atoms with Crippen LogP contribution in [0.3, 0.4) is 0 Å². The summed E-state index contributed by atoms with van der Waals surface area (Å²) in [5, 5.41) is 5.59. The lowest BCUT2D eigenvalue weighted by Gasteiger charge is -2.24. The number of carbonyl (C=O) groups is 2. The van der Waals surface area contributed by atoms with Crippen molar-refractivity contribution >= 4 is 34.6 Å². The van der Waals surface area contributed by atoms with Crippen molar-refractivity contribution in [3.63, 3.8) is 0 Å². The molecule has 0 aliphatic carbocycles. The topological polar surface area (TPSA) is 67.4 Å². The number of ether oxygens (including phenoxy) is 1. The third-order valence-electron chi connectivity index (χ3n) is 3.50. The van der Waals surface area contributed by atoms with E-state index >= 15 is 0 Å². The minimum atomic E-state index is -0.630. The van der Waals surface area contributed by atoms with Gasteiger partial charge in [-0.3, -0.25) is 4.79 Å². The monoisotopic (exact) mass is 462 g/mol. The Labute approximate surface area is 165 Å². The first-order chi connectivity index (χ1) is 11.7. The Balaban J connectivity index is 0.00000277. The van der Waals surface area contributed by atoms with Gasteiger partial charge in [-0.25, -0.2) is 4.79 Å². The smallest absolute Gasteiger partial charge is 0.408 e. The Bertz CT molecular complexity index is 530. The van der Waals surface area contributed by atoms with Crippen LogP contribution in [0.1, 0.15) is 51.8 Å². The third-order valence-corrected chi connectivity index (χ3v) is 3.50. The van der Waals surface area contributed by atoms with E-state index in [4.69, 9.17) is 4.74 Å². The van der Waals surface area contributed by atoms with Gasteiger partial charge in [0.25, 0.3) is 0 Å². The molecule has 0 heterocycles. The zero-order valence-electron chi connectivity index (χ0n) is 16.2. The SMILES string of the molecule is CI.Cc1ccc(C(C)NC(=O)C(NC(=O)OC(C)C)C(C)C)cc1. The Morgan fingerprint density at radius 1 is 0.960 bits per heavy atom. The summed E-state index contributed by atoms with van der Waals surface area (Å²) in [6.07, 6.45) is -0.797. The Morgan fingerprint density at radius 2 is 1.48 bits per heavy atom. The van der Waals surface area contributed by atoms with E-state index in [9.17, 15) is 9.59 Å². The van der Waals surface area contributed by atoms with E-state index in [2.05, 4.69) is 33.2 Å². The first kappa shape index (κ1) is 23.7. The van der Waals surface area contributed by atoms with Crippen molar-refractivity contribution < 1.29 is 14.3 Å². The molecule has 2 N–H and O–H groups in total. The van der Waals surface area contributed by atoms with Crippen LogP contribution < -0.4 is 10.6 Å². The van der Waals surface area contributed by atoms with Crippen LogP contribution in [-0.2, 0) is 9.53 Å². The molecule has 0 aliphatic rings. The molecule has 0 spiro atoms. The van der Waals surface area contributed by atoms with Crippen LogP contribution in [0.25, 0.3) is 0 Å². The van der Waals surface area contributed by atoms with Crippen molar-refractivity contribution in [2.45, 2.75) is 59.7 Å². The molecular weight excluding hydrogens is 431 g/mol. The van der Waals surface area contributed by atoms with Crippen LogP contribution in [-0.4, -0.2) is 29.1 Å². The zero-order valence-corrected chi connectivity index (χ0v) is 18.4. The van der Waals surface area contributed by atoms with Crippen LogP contribution in [0.4, 0.5) is 4.79 Å². The molecule has 2 unspecified atom stereocenters. The minimum Gasteiger partial charge on any atom is -0.447 e. The number of carbonyl (C=O) groups excluding carboxylic acids is 2. The number of hydrogen-bond donors (Lipinski definition) is 2. The number of rotatable bonds is 6. The average Bonchev–Trinajstić information content (AvgIpc) is 2.54. The number of halogens is 1. The normalized spacial score (nSPS) is 12.7. The van der Waals surface area contributed by atoms with E-state index in [1.54, 1.807) is 13.8 Å². The highest BCUT2D eigenvalue weighted by molar-refractivity contribution is 14.1. The number of alkyl carbamates (subject to hydrolysis) is 1. The first-order valence-corrected chi connectivity index (χ1v) is 10.6. The van der Waals surface area contributed by atoms with E-state index in [0.29, 0.717) is 0 Å². The lowest BCUT2D eigenvalue weighted by molar-refractivity contribution is -0.124. The van der Waals surface area contributed by atoms with Gasteiger partial charge < -0.3 is 15.4 Å². The quantitative estimate of drug-likeness (QED) is 0.487. The van der Waals surface area contributed by atoms with E-state index in [0.717, 1.165) is 5.56 Å². The molecule has 0 saturated carbocycles. The molecule has 1 aromatic rings. The summed E-state index contributed by atoms with van der Waals surface area (Å²) in [7, 11) is 0. The number of aryl methyl sites for hydroxylation is 1. The second-order valence-electron chi connectivity index (χ2n) is 6.46. The van der Waals surface area contributed by atoms with Gasteiger partial charge in [0.1, 0.15) is 6.04 Å². The molecule has 0 bridgehead atoms. The van der Waals surface area contributed by atoms with Crippen molar-refractivity contribution in [3.8, 4) is 0 Å². The summed E-state index contributed by atoms with van der Waals surface area (Å²) in [6, 6.07) is 7.24. The van der Waals surface area contributed by atoms with Crippen LogP contribution in [0, 0.1) is 12.8 Å². The summed E-state index contributed by atoms with van der Waals surface area (Å²) >= 11 is 2.15. The van der Waals surface area contributed by atoms with Crippen LogP contribution >= 0.6 is 22.6 Å². The second kappa shape index (κ2) is 12.1. The molecule has 1 aromatic carbocycles. The molecule has 0 saturated heterocycles. The third kappa shape index (κ3) is 9.09. The highest BCUT2D eigenvalue weighted by atomic mass is 127. The van der Waals surface area contributed by atoms with Crippen molar-refractivity contribution in [3.05, 3.63) is 35.4 Å². The molecular formula is C19H31IN2O3. The van der Waals surface area contributed by atoms with Gasteiger partial charge in [0.05, 0.1) is 12.1 Å². The highest BCUT2D eigenvalue weighted by Gasteiger charge is 2.26. The average molecular weight is 462 g/mol. The van der Waals surface area contributed by atoms with Gasteiger partial charge >= 0.3 is 6.09 Å². The van der Waals surface area contributed by atoms with Gasteiger partial charge in [-0.05, 0) is 44.1 Å². The summed E-state index contributed by atoms with van der Waals surface area (Å²) in [6.45, 7) is 11.2. The van der Waals surface area contributed by atoms with Crippen molar-refractivity contribution in [1.82, 2.24) is 10.6 Å². The fourth-order valence-corrected chi connectivity index (χ4v) is 2.15. The van der Waals surface area contributed by atoms with Gasteiger partial charge in [0, 0.05) is 0 Å². The van der Waals surface area contributed by atoms with E-state index in [1.165, 1.54) is 5.56 Å². The molecule has 0 fully saturated rings. The molecule has 2 amide bonds. The molecule has 0 aliphatic heterocycles. The predicted octanol–water partition coefficient (Wildman–Crippen LogP) is 4.38. The molecule has 0 aromatic heterocycles. The minimum absolute atomic E-state index is 0.0417. The number of amides is 2. The number of hydrogen-bond acceptors (Lipinski definition) is 3. The van der Waals surface area contributed by atoms with E-state index < -0.39 is 12.1 Å². The standard InChI is InChI=1S/C18H28N2O3.CH3I/c1-11(2)16(20-18(22)23-12(3)4)17(21)19-14(6)15-9-7-13(5)8-10-15;1-2/h7-12,14,16H,1-6H3,(H,19,21)(H,20,22);1H3. The van der Waals surface area contributed by atoms with Crippen LogP contribution in [0.15, 0.2) is 24.3 Å². The van der Waals surface area contributed by atoms with Crippen molar-refractivity contribution in [2.24, 2.45) is 5.92 Å². The largest absolute Gasteiger partial charge is 0.447 e. The van der Waals surface area contributed by atoms with Gasteiger partial charge in [0.2, 0.25) is 5.91 Å². The molecule has 5 nitrogen and oxygen atoms in total. The molecule has 25 heavy (non-hydrogen) atoms. The van der Waals surface area contributed by atoms with Gasteiger partial charge in [-0.1, -0.05) is 66.3 Å². The molecule has 2 atom stereocenters. The van der Waals surface area contributed by atoms with Crippen LogP contribution in [0.5, 0.6) is 0 Å². The first-order valence-electron chi connectivity index (χ1n) is 8.42. The van der Waals surface area contributed by atoms with E-state index in [-0.39, 0.29) is 24.0 Å². The maximum atomic E-state index is 12.5. The molecule has 1 rings (SSSR count). The fraction of sp³-hybridized carbons (Fsp3) is 0.579.